The van der Waals surface area contributed by atoms with Crippen LogP contribution in [0.4, 0.5) is 0 Å². The number of hydrogen-bond acceptors (Lipinski definition) is 6. The summed E-state index contributed by atoms with van der Waals surface area (Å²) in [6.45, 7) is 3.33. The largest absolute Gasteiger partial charge is 2.00 e. The molecule has 0 rings (SSSR count). The van der Waals surface area contributed by atoms with Crippen LogP contribution in [-0.4, -0.2) is 34.9 Å². The SMILES string of the molecule is CC(=O)[O-].CC(=O)[O-].CC(O)CO.[Cu+2]. The van der Waals surface area contributed by atoms with Crippen LogP contribution in [0.5, 0.6) is 0 Å². The van der Waals surface area contributed by atoms with Gasteiger partial charge in [-0.25, -0.2) is 0 Å². The molecule has 0 saturated carbocycles. The minimum atomic E-state index is -1.08. The normalized spacial score (nSPS) is 8.93. The zero-order valence-corrected chi connectivity index (χ0v) is 9.06. The number of carboxylic acid groups (broad SMARTS) is 2. The van der Waals surface area contributed by atoms with Crippen LogP contribution in [0.2, 0.25) is 0 Å². The Morgan fingerprint density at radius 1 is 1.21 bits per heavy atom. The molecular weight excluding hydrogens is 244 g/mol. The monoisotopic (exact) mass is 257 g/mol. The molecule has 0 spiro atoms. The van der Waals surface area contributed by atoms with Crippen LogP contribution in [-0.2, 0) is 26.7 Å². The number of rotatable bonds is 1. The molecule has 1 atom stereocenters. The van der Waals surface area contributed by atoms with Gasteiger partial charge in [-0.1, -0.05) is 0 Å². The molecule has 0 aromatic heterocycles. The van der Waals surface area contributed by atoms with Crippen LogP contribution in [0.1, 0.15) is 20.8 Å². The van der Waals surface area contributed by atoms with E-state index in [4.69, 9.17) is 30.0 Å². The van der Waals surface area contributed by atoms with Gasteiger partial charge in [0.2, 0.25) is 0 Å². The Kier molecular flexibility index (Phi) is 30.3. The summed E-state index contributed by atoms with van der Waals surface area (Å²) < 4.78 is 0. The Bertz CT molecular complexity index is 116. The number of hydrogen-bond donors (Lipinski definition) is 2. The standard InChI is InChI=1S/C3H8O2.2C2H4O2.Cu/c1-3(5)2-4;2*1-2(3)4;/h3-5H,2H2,1H3;2*1H3,(H,3,4);/q;;;+2/p-2. The molecule has 14 heavy (non-hydrogen) atoms. The molecule has 1 radical (unpaired) electrons. The second-order valence-corrected chi connectivity index (χ2v) is 2.01. The molecule has 0 amide bonds. The molecular formula is C7H14CuO6. The van der Waals surface area contributed by atoms with Crippen molar-refractivity contribution >= 4 is 11.9 Å². The summed E-state index contributed by atoms with van der Waals surface area (Å²) in [6, 6.07) is 0. The average Bonchev–Trinajstić information content (AvgIpc) is 1.84. The smallest absolute Gasteiger partial charge is 0.550 e. The van der Waals surface area contributed by atoms with Crippen LogP contribution in [0.25, 0.3) is 0 Å². The minimum absolute atomic E-state index is 0. The topological polar surface area (TPSA) is 121 Å². The molecule has 7 heteroatoms. The zero-order valence-electron chi connectivity index (χ0n) is 8.11. The number of carbonyl (C=O) groups is 2. The van der Waals surface area contributed by atoms with Crippen molar-refractivity contribution in [3.8, 4) is 0 Å². The molecule has 6 nitrogen and oxygen atoms in total. The van der Waals surface area contributed by atoms with Crippen LogP contribution >= 0.6 is 0 Å². The van der Waals surface area contributed by atoms with Gasteiger partial charge in [-0.15, -0.1) is 0 Å². The summed E-state index contributed by atoms with van der Waals surface area (Å²) >= 11 is 0. The van der Waals surface area contributed by atoms with Crippen LogP contribution in [0.3, 0.4) is 0 Å². The third-order valence-electron chi connectivity index (χ3n) is 0.264. The average molecular weight is 258 g/mol. The molecule has 0 fully saturated rings. The molecule has 0 aliphatic rings. The van der Waals surface area contributed by atoms with E-state index in [1.807, 2.05) is 0 Å². The van der Waals surface area contributed by atoms with Gasteiger partial charge in [-0.2, -0.15) is 0 Å². The molecule has 0 aromatic rings. The maximum atomic E-state index is 8.89. The van der Waals surface area contributed by atoms with E-state index in [-0.39, 0.29) is 23.7 Å². The van der Waals surface area contributed by atoms with Crippen molar-refractivity contribution < 1.29 is 47.1 Å². The van der Waals surface area contributed by atoms with Gasteiger partial charge in [0.05, 0.1) is 12.7 Å². The second-order valence-electron chi connectivity index (χ2n) is 2.01. The van der Waals surface area contributed by atoms with Crippen LogP contribution in [0.15, 0.2) is 0 Å². The third-order valence-corrected chi connectivity index (χ3v) is 0.264. The van der Waals surface area contributed by atoms with Gasteiger partial charge in [0, 0.05) is 11.9 Å². The fourth-order valence-corrected chi connectivity index (χ4v) is 0. The number of aliphatic hydroxyl groups excluding tert-OH is 2. The van der Waals surface area contributed by atoms with E-state index < -0.39 is 18.0 Å². The molecule has 1 unspecified atom stereocenters. The Morgan fingerprint density at radius 3 is 1.29 bits per heavy atom. The Morgan fingerprint density at radius 2 is 1.29 bits per heavy atom. The summed E-state index contributed by atoms with van der Waals surface area (Å²) in [5.74, 6) is -2.17. The van der Waals surface area contributed by atoms with Crippen LogP contribution < -0.4 is 10.2 Å². The Labute approximate surface area is 93.0 Å². The van der Waals surface area contributed by atoms with Crippen molar-refractivity contribution in [3.05, 3.63) is 0 Å². The quantitative estimate of drug-likeness (QED) is 0.479. The number of carboxylic acids is 2. The molecule has 89 valence electrons. The Hall–Kier alpha value is -0.621. The summed E-state index contributed by atoms with van der Waals surface area (Å²) in [7, 11) is 0. The van der Waals surface area contributed by atoms with Gasteiger partial charge in [0.1, 0.15) is 0 Å². The Balaban J connectivity index is -0.0000000522. The van der Waals surface area contributed by atoms with Gasteiger partial charge in [-0.3, -0.25) is 0 Å². The molecule has 0 bridgehead atoms. The maximum Gasteiger partial charge on any atom is 2.00 e. The molecule has 0 aliphatic heterocycles. The van der Waals surface area contributed by atoms with Gasteiger partial charge >= 0.3 is 17.1 Å². The number of carbonyl (C=O) groups excluding carboxylic acids is 2. The minimum Gasteiger partial charge on any atom is -0.550 e. The van der Waals surface area contributed by atoms with E-state index in [0.29, 0.717) is 0 Å². The molecule has 0 heterocycles. The second kappa shape index (κ2) is 18.2. The van der Waals surface area contributed by atoms with E-state index in [1.54, 1.807) is 0 Å². The summed E-state index contributed by atoms with van der Waals surface area (Å²) in [5, 5.41) is 33.8. The van der Waals surface area contributed by atoms with Gasteiger partial charge < -0.3 is 30.0 Å². The first-order valence-electron chi connectivity index (χ1n) is 3.38. The van der Waals surface area contributed by atoms with Gasteiger partial charge in [0.25, 0.3) is 0 Å². The van der Waals surface area contributed by atoms with Crippen molar-refractivity contribution in [2.24, 2.45) is 0 Å². The summed E-state index contributed by atoms with van der Waals surface area (Å²) in [5.41, 5.74) is 0. The first kappa shape index (κ1) is 23.3. The fourth-order valence-electron chi connectivity index (χ4n) is 0. The number of aliphatic carboxylic acids is 2. The van der Waals surface area contributed by atoms with E-state index >= 15 is 0 Å². The van der Waals surface area contributed by atoms with Crippen LogP contribution in [0, 0.1) is 0 Å². The molecule has 0 aliphatic carbocycles. The first-order chi connectivity index (χ1) is 5.73. The van der Waals surface area contributed by atoms with Crippen molar-refractivity contribution in [1.29, 1.82) is 0 Å². The van der Waals surface area contributed by atoms with E-state index in [1.165, 1.54) is 6.92 Å². The van der Waals surface area contributed by atoms with Crippen molar-refractivity contribution in [1.82, 2.24) is 0 Å². The van der Waals surface area contributed by atoms with E-state index in [0.717, 1.165) is 13.8 Å². The third kappa shape index (κ3) is 644. The van der Waals surface area contributed by atoms with Crippen molar-refractivity contribution in [3.63, 3.8) is 0 Å². The predicted octanol–water partition coefficient (Wildman–Crippen LogP) is -3.13. The fraction of sp³-hybridized carbons (Fsp3) is 0.714. The molecule has 0 aromatic carbocycles. The van der Waals surface area contributed by atoms with Gasteiger partial charge in [-0.05, 0) is 20.8 Å². The first-order valence-corrected chi connectivity index (χ1v) is 3.38. The van der Waals surface area contributed by atoms with E-state index in [9.17, 15) is 0 Å². The number of aliphatic hydroxyl groups is 2. The summed E-state index contributed by atoms with van der Waals surface area (Å²) in [4.78, 5) is 17.8. The summed E-state index contributed by atoms with van der Waals surface area (Å²) in [6.07, 6.45) is -0.560. The van der Waals surface area contributed by atoms with Gasteiger partial charge in [0.15, 0.2) is 0 Å². The molecule has 0 saturated heterocycles. The maximum absolute atomic E-state index is 8.89. The van der Waals surface area contributed by atoms with Crippen molar-refractivity contribution in [2.45, 2.75) is 26.9 Å². The van der Waals surface area contributed by atoms with Crippen molar-refractivity contribution in [2.75, 3.05) is 6.61 Å². The molecule has 2 N–H and O–H groups in total. The predicted molar refractivity (Wildman–Crippen MR) is 40.1 cm³/mol. The van der Waals surface area contributed by atoms with E-state index in [2.05, 4.69) is 0 Å². The zero-order chi connectivity index (χ0) is 11.4.